The van der Waals surface area contributed by atoms with Gasteiger partial charge in [0.15, 0.2) is 11.5 Å². The zero-order chi connectivity index (χ0) is 32.1. The van der Waals surface area contributed by atoms with E-state index in [4.69, 9.17) is 15.2 Å². The first-order valence-corrected chi connectivity index (χ1v) is 14.4. The van der Waals surface area contributed by atoms with Crippen LogP contribution in [-0.4, -0.2) is 61.3 Å². The fourth-order valence-corrected chi connectivity index (χ4v) is 4.82. The van der Waals surface area contributed by atoms with E-state index in [-0.39, 0.29) is 29.3 Å². The van der Waals surface area contributed by atoms with Gasteiger partial charge in [0.05, 0.1) is 29.8 Å². The van der Waals surface area contributed by atoms with Crippen LogP contribution in [0.25, 0.3) is 11.3 Å². The van der Waals surface area contributed by atoms with E-state index in [1.807, 2.05) is 20.8 Å². The predicted molar refractivity (Wildman–Crippen MR) is 163 cm³/mol. The van der Waals surface area contributed by atoms with Crippen LogP contribution in [-0.2, 0) is 14.3 Å². The molecule has 4 aromatic rings. The van der Waals surface area contributed by atoms with E-state index < -0.39 is 29.4 Å². The van der Waals surface area contributed by atoms with Crippen LogP contribution in [0.1, 0.15) is 61.8 Å². The predicted octanol–water partition coefficient (Wildman–Crippen LogP) is 5.17. The van der Waals surface area contributed by atoms with Crippen LogP contribution >= 0.6 is 0 Å². The highest BCUT2D eigenvalue weighted by atomic mass is 19.1. The van der Waals surface area contributed by atoms with Crippen LogP contribution < -0.4 is 11.1 Å². The van der Waals surface area contributed by atoms with Crippen LogP contribution in [0.3, 0.4) is 0 Å². The molecule has 3 heterocycles. The molecule has 2 aromatic carbocycles. The summed E-state index contributed by atoms with van der Waals surface area (Å²) >= 11 is 0. The number of esters is 1. The Morgan fingerprint density at radius 2 is 1.71 bits per heavy atom. The van der Waals surface area contributed by atoms with Crippen LogP contribution in [0.5, 0.6) is 0 Å². The second kappa shape index (κ2) is 13.1. The number of amides is 2. The molecule has 0 radical (unpaired) electrons. The highest BCUT2D eigenvalue weighted by molar-refractivity contribution is 5.99. The molecule has 1 fully saturated rings. The average Bonchev–Trinajstić information content (AvgIpc) is 3.51. The molecule has 0 saturated carbocycles. The van der Waals surface area contributed by atoms with Crippen molar-refractivity contribution in [2.75, 3.05) is 24.1 Å². The number of likely N-dealkylation sites (tertiary alicyclic amines) is 1. The maximum absolute atomic E-state index is 14.2. The van der Waals surface area contributed by atoms with Crippen molar-refractivity contribution in [3.05, 3.63) is 90.3 Å². The minimum atomic E-state index is -1.43. The number of para-hydroxylation sites is 1. The highest BCUT2D eigenvalue weighted by Crippen LogP contribution is 2.28. The highest BCUT2D eigenvalue weighted by Gasteiger charge is 2.30. The minimum absolute atomic E-state index is 0.0446. The van der Waals surface area contributed by atoms with Crippen molar-refractivity contribution in [2.24, 2.45) is 0 Å². The smallest absolute Gasteiger partial charge is 0.410 e. The zero-order valence-electron chi connectivity index (χ0n) is 25.1. The van der Waals surface area contributed by atoms with Crippen LogP contribution in [0.15, 0.2) is 73.2 Å². The molecule has 5 rings (SSSR count). The standard InChI is InChI=1S/C32H34FN7O5/c1-32(2,3)45-31(43)39-15-13-22(14-16-39)40-19-21(17-36-40)25-18-35-28(34)26(37-25)30(42)44-27(20-9-5-4-6-10-20)29(41)38-24-12-8-7-11-23(24)33/h4-12,17-19,22,27H,13-16H2,1-3H3,(H2,34,35)(H,38,41)/t27-/m1/s1. The van der Waals surface area contributed by atoms with Gasteiger partial charge < -0.3 is 25.4 Å². The maximum atomic E-state index is 14.2. The van der Waals surface area contributed by atoms with E-state index in [1.165, 1.54) is 24.4 Å². The summed E-state index contributed by atoms with van der Waals surface area (Å²) in [6.45, 7) is 6.56. The molecule has 3 N–H and O–H groups in total. The third-order valence-electron chi connectivity index (χ3n) is 7.08. The molecule has 1 aliphatic rings. The number of anilines is 2. The number of nitrogens with zero attached hydrogens (tertiary/aromatic N) is 5. The molecule has 234 valence electrons. The first-order chi connectivity index (χ1) is 21.5. The van der Waals surface area contributed by atoms with Gasteiger partial charge in [-0.15, -0.1) is 0 Å². The molecule has 0 bridgehead atoms. The van der Waals surface area contributed by atoms with Gasteiger partial charge in [0, 0.05) is 30.4 Å². The average molecular weight is 616 g/mol. The Hall–Kier alpha value is -5.33. The molecule has 1 saturated heterocycles. The van der Waals surface area contributed by atoms with E-state index in [9.17, 15) is 18.8 Å². The summed E-state index contributed by atoms with van der Waals surface area (Å²) in [7, 11) is 0. The lowest BCUT2D eigenvalue weighted by Gasteiger charge is -2.33. The van der Waals surface area contributed by atoms with E-state index in [0.29, 0.717) is 42.8 Å². The number of aromatic nitrogens is 4. The summed E-state index contributed by atoms with van der Waals surface area (Å²) in [5.41, 5.74) is 6.37. The number of ether oxygens (including phenoxy) is 2. The van der Waals surface area contributed by atoms with E-state index >= 15 is 0 Å². The summed E-state index contributed by atoms with van der Waals surface area (Å²) in [6, 6.07) is 14.0. The van der Waals surface area contributed by atoms with Gasteiger partial charge in [0.2, 0.25) is 6.10 Å². The Balaban J connectivity index is 1.30. The summed E-state index contributed by atoms with van der Waals surface area (Å²) in [6.07, 6.45) is 4.40. The Kier molecular flexibility index (Phi) is 9.07. The van der Waals surface area contributed by atoms with Gasteiger partial charge in [0.25, 0.3) is 5.91 Å². The normalized spacial score (nSPS) is 14.4. The lowest BCUT2D eigenvalue weighted by Crippen LogP contribution is -2.42. The van der Waals surface area contributed by atoms with E-state index in [1.54, 1.807) is 58.4 Å². The van der Waals surface area contributed by atoms with E-state index in [0.717, 1.165) is 0 Å². The fourth-order valence-electron chi connectivity index (χ4n) is 4.82. The molecule has 2 aromatic heterocycles. The summed E-state index contributed by atoms with van der Waals surface area (Å²) in [5, 5.41) is 6.96. The summed E-state index contributed by atoms with van der Waals surface area (Å²) in [5.74, 6) is -2.57. The number of hydrogen-bond acceptors (Lipinski definition) is 9. The zero-order valence-corrected chi connectivity index (χ0v) is 25.1. The lowest BCUT2D eigenvalue weighted by molar-refractivity contribution is -0.125. The number of carbonyl (C=O) groups is 3. The van der Waals surface area contributed by atoms with Crippen molar-refractivity contribution in [1.82, 2.24) is 24.6 Å². The van der Waals surface area contributed by atoms with Crippen molar-refractivity contribution in [3.8, 4) is 11.3 Å². The van der Waals surface area contributed by atoms with Gasteiger partial charge in [-0.25, -0.2) is 23.9 Å². The van der Waals surface area contributed by atoms with Crippen molar-refractivity contribution < 1.29 is 28.2 Å². The molecule has 0 spiro atoms. The number of rotatable bonds is 7. The van der Waals surface area contributed by atoms with Gasteiger partial charge in [-0.1, -0.05) is 42.5 Å². The third-order valence-corrected chi connectivity index (χ3v) is 7.08. The van der Waals surface area contributed by atoms with Gasteiger partial charge in [-0.05, 0) is 45.7 Å². The number of hydrogen-bond donors (Lipinski definition) is 2. The molecule has 1 aliphatic heterocycles. The third kappa shape index (κ3) is 7.61. The number of nitrogen functional groups attached to an aromatic ring is 1. The molecular weight excluding hydrogens is 581 g/mol. The lowest BCUT2D eigenvalue weighted by atomic mass is 10.1. The van der Waals surface area contributed by atoms with Gasteiger partial charge in [-0.2, -0.15) is 5.10 Å². The van der Waals surface area contributed by atoms with Crippen molar-refractivity contribution >= 4 is 29.5 Å². The maximum Gasteiger partial charge on any atom is 0.410 e. The number of nitrogens with one attached hydrogen (secondary N) is 1. The van der Waals surface area contributed by atoms with Crippen molar-refractivity contribution in [3.63, 3.8) is 0 Å². The Morgan fingerprint density at radius 1 is 1.02 bits per heavy atom. The van der Waals surface area contributed by atoms with Crippen LogP contribution in [0.2, 0.25) is 0 Å². The number of benzene rings is 2. The SMILES string of the molecule is CC(C)(C)OC(=O)N1CCC(n2cc(-c3cnc(N)c(C(=O)O[C@@H](C(=O)Nc4ccccc4F)c4ccccc4)n3)cn2)CC1. The molecule has 2 amide bonds. The summed E-state index contributed by atoms with van der Waals surface area (Å²) < 4.78 is 27.1. The molecule has 0 unspecified atom stereocenters. The second-order valence-corrected chi connectivity index (χ2v) is 11.6. The Bertz CT molecular complexity index is 1680. The van der Waals surface area contributed by atoms with Gasteiger partial charge >= 0.3 is 12.1 Å². The Labute approximate surface area is 259 Å². The van der Waals surface area contributed by atoms with Crippen LogP contribution in [0.4, 0.5) is 20.7 Å². The van der Waals surface area contributed by atoms with Gasteiger partial charge in [-0.3, -0.25) is 9.48 Å². The second-order valence-electron chi connectivity index (χ2n) is 11.6. The molecule has 0 aliphatic carbocycles. The quantitative estimate of drug-likeness (QED) is 0.268. The molecular formula is C32H34FN7O5. The number of halogens is 1. The monoisotopic (exact) mass is 615 g/mol. The van der Waals surface area contributed by atoms with E-state index in [2.05, 4.69) is 20.4 Å². The number of piperidine rings is 1. The largest absolute Gasteiger partial charge is 0.444 e. The minimum Gasteiger partial charge on any atom is -0.444 e. The molecule has 12 nitrogen and oxygen atoms in total. The topological polar surface area (TPSA) is 155 Å². The van der Waals surface area contributed by atoms with Crippen molar-refractivity contribution in [1.29, 1.82) is 0 Å². The number of nitrogens with two attached hydrogens (primary N) is 1. The molecule has 13 heteroatoms. The summed E-state index contributed by atoms with van der Waals surface area (Å²) in [4.78, 5) is 49.2. The van der Waals surface area contributed by atoms with Crippen LogP contribution in [0, 0.1) is 5.82 Å². The molecule has 1 atom stereocenters. The fraction of sp³-hybridized carbons (Fsp3) is 0.312. The number of carbonyl (C=O) groups excluding carboxylic acids is 3. The first kappa shape index (κ1) is 31.1. The molecule has 45 heavy (non-hydrogen) atoms. The van der Waals surface area contributed by atoms with Gasteiger partial charge in [0.1, 0.15) is 11.4 Å². The Morgan fingerprint density at radius 3 is 2.40 bits per heavy atom. The van der Waals surface area contributed by atoms with Crippen molar-refractivity contribution in [2.45, 2.75) is 51.4 Å². The first-order valence-electron chi connectivity index (χ1n) is 14.4.